The topological polar surface area (TPSA) is 65.0 Å². The van der Waals surface area contributed by atoms with Crippen LogP contribution >= 0.6 is 0 Å². The molecule has 0 radical (unpaired) electrons. The van der Waals surface area contributed by atoms with E-state index < -0.39 is 0 Å². The monoisotopic (exact) mass is 402 g/mol. The number of aromatic nitrogens is 1. The van der Waals surface area contributed by atoms with Crippen LogP contribution in [0.15, 0.2) is 23.3 Å². The number of nitrogens with zero attached hydrogens (tertiary/aromatic N) is 4. The molecule has 162 valence electrons. The molecule has 0 saturated carbocycles. The molecule has 29 heavy (non-hydrogen) atoms. The third-order valence-corrected chi connectivity index (χ3v) is 5.49. The van der Waals surface area contributed by atoms with Gasteiger partial charge in [-0.25, -0.2) is 9.98 Å². The SMILES string of the molecule is CCNC(=NCc1ccc(N2CC(C)OC(C)C2)nc1)NCCN1CCCCC1. The average molecular weight is 403 g/mol. The van der Waals surface area contributed by atoms with Crippen LogP contribution in [0.4, 0.5) is 5.82 Å². The van der Waals surface area contributed by atoms with Gasteiger partial charge >= 0.3 is 0 Å². The van der Waals surface area contributed by atoms with Crippen molar-refractivity contribution in [3.63, 3.8) is 0 Å². The second-order valence-corrected chi connectivity index (χ2v) is 8.21. The van der Waals surface area contributed by atoms with Gasteiger partial charge in [-0.1, -0.05) is 12.5 Å². The highest BCUT2D eigenvalue weighted by atomic mass is 16.5. The summed E-state index contributed by atoms with van der Waals surface area (Å²) in [6.07, 6.45) is 6.47. The average Bonchev–Trinajstić information content (AvgIpc) is 2.72. The van der Waals surface area contributed by atoms with Crippen molar-refractivity contribution < 1.29 is 4.74 Å². The molecule has 3 heterocycles. The zero-order valence-electron chi connectivity index (χ0n) is 18.4. The van der Waals surface area contributed by atoms with Crippen molar-refractivity contribution in [2.75, 3.05) is 50.7 Å². The van der Waals surface area contributed by atoms with Gasteiger partial charge in [-0.2, -0.15) is 0 Å². The minimum absolute atomic E-state index is 0.239. The second kappa shape index (κ2) is 11.4. The summed E-state index contributed by atoms with van der Waals surface area (Å²) in [5.41, 5.74) is 1.12. The number of ether oxygens (including phenoxy) is 1. The molecule has 2 aliphatic heterocycles. The summed E-state index contributed by atoms with van der Waals surface area (Å²) in [7, 11) is 0. The van der Waals surface area contributed by atoms with Gasteiger partial charge < -0.3 is 25.2 Å². The third kappa shape index (κ3) is 7.16. The maximum atomic E-state index is 5.82. The largest absolute Gasteiger partial charge is 0.372 e. The van der Waals surface area contributed by atoms with Gasteiger partial charge in [0.1, 0.15) is 5.82 Å². The summed E-state index contributed by atoms with van der Waals surface area (Å²) in [5.74, 6) is 1.90. The first-order valence-electron chi connectivity index (χ1n) is 11.2. The molecule has 0 aromatic carbocycles. The minimum Gasteiger partial charge on any atom is -0.372 e. The molecule has 1 aromatic rings. The number of morpholine rings is 1. The van der Waals surface area contributed by atoms with Crippen LogP contribution in [-0.2, 0) is 11.3 Å². The predicted octanol–water partition coefficient (Wildman–Crippen LogP) is 2.24. The van der Waals surface area contributed by atoms with Crippen molar-refractivity contribution in [3.05, 3.63) is 23.9 Å². The molecule has 2 fully saturated rings. The molecule has 2 aliphatic rings. The van der Waals surface area contributed by atoms with Crippen molar-refractivity contribution in [1.82, 2.24) is 20.5 Å². The van der Waals surface area contributed by atoms with Crippen LogP contribution in [0.2, 0.25) is 0 Å². The predicted molar refractivity (Wildman–Crippen MR) is 120 cm³/mol. The Kier molecular flexibility index (Phi) is 8.55. The summed E-state index contributed by atoms with van der Waals surface area (Å²) in [6, 6.07) is 4.24. The Hall–Kier alpha value is -1.86. The van der Waals surface area contributed by atoms with E-state index in [0.717, 1.165) is 50.1 Å². The lowest BCUT2D eigenvalue weighted by molar-refractivity contribution is -0.00545. The normalized spacial score (nSPS) is 23.8. The number of pyridine rings is 1. The van der Waals surface area contributed by atoms with Crippen LogP contribution < -0.4 is 15.5 Å². The lowest BCUT2D eigenvalue weighted by Crippen LogP contribution is -2.45. The molecule has 2 saturated heterocycles. The first-order chi connectivity index (χ1) is 14.1. The van der Waals surface area contributed by atoms with E-state index in [4.69, 9.17) is 9.73 Å². The van der Waals surface area contributed by atoms with E-state index in [1.807, 2.05) is 6.20 Å². The zero-order valence-corrected chi connectivity index (χ0v) is 18.4. The molecule has 7 heteroatoms. The summed E-state index contributed by atoms with van der Waals surface area (Å²) < 4.78 is 5.82. The van der Waals surface area contributed by atoms with Crippen LogP contribution in [0.5, 0.6) is 0 Å². The number of aliphatic imine (C=N–C) groups is 1. The second-order valence-electron chi connectivity index (χ2n) is 8.21. The quantitative estimate of drug-likeness (QED) is 0.539. The van der Waals surface area contributed by atoms with E-state index in [9.17, 15) is 0 Å². The molecule has 1 aromatic heterocycles. The zero-order chi connectivity index (χ0) is 20.5. The molecule has 0 amide bonds. The maximum absolute atomic E-state index is 5.82. The number of hydrogen-bond donors (Lipinski definition) is 2. The van der Waals surface area contributed by atoms with Gasteiger partial charge in [-0.05, 0) is 58.3 Å². The number of nitrogens with one attached hydrogen (secondary N) is 2. The van der Waals surface area contributed by atoms with Crippen molar-refractivity contribution in [2.45, 2.75) is 58.8 Å². The lowest BCUT2D eigenvalue weighted by Gasteiger charge is -2.36. The standard InChI is InChI=1S/C22H38N6O/c1-4-23-22(24-10-13-27-11-6-5-7-12-27)26-15-20-8-9-21(25-14-20)28-16-18(2)29-19(3)17-28/h8-9,14,18-19H,4-7,10-13,15-17H2,1-3H3,(H2,23,24,26). The van der Waals surface area contributed by atoms with E-state index in [1.165, 1.54) is 32.4 Å². The summed E-state index contributed by atoms with van der Waals surface area (Å²) in [5, 5.41) is 6.81. The minimum atomic E-state index is 0.239. The van der Waals surface area contributed by atoms with Gasteiger partial charge in [-0.3, -0.25) is 0 Å². The highest BCUT2D eigenvalue weighted by molar-refractivity contribution is 5.79. The van der Waals surface area contributed by atoms with Crippen molar-refractivity contribution in [3.8, 4) is 0 Å². The van der Waals surface area contributed by atoms with Gasteiger partial charge in [-0.15, -0.1) is 0 Å². The van der Waals surface area contributed by atoms with Gasteiger partial charge in [0.05, 0.1) is 18.8 Å². The van der Waals surface area contributed by atoms with E-state index in [1.54, 1.807) is 0 Å². The molecule has 0 bridgehead atoms. The Bertz CT molecular complexity index is 619. The highest BCUT2D eigenvalue weighted by Crippen LogP contribution is 2.18. The molecule has 7 nitrogen and oxygen atoms in total. The number of anilines is 1. The van der Waals surface area contributed by atoms with Gasteiger partial charge in [0.25, 0.3) is 0 Å². The van der Waals surface area contributed by atoms with Crippen LogP contribution in [0.25, 0.3) is 0 Å². The fourth-order valence-electron chi connectivity index (χ4n) is 4.09. The van der Waals surface area contributed by atoms with Gasteiger partial charge in [0, 0.05) is 38.9 Å². The fourth-order valence-corrected chi connectivity index (χ4v) is 4.09. The van der Waals surface area contributed by atoms with Crippen LogP contribution in [0.1, 0.15) is 45.6 Å². The first-order valence-corrected chi connectivity index (χ1v) is 11.2. The highest BCUT2D eigenvalue weighted by Gasteiger charge is 2.22. The summed E-state index contributed by atoms with van der Waals surface area (Å²) >= 11 is 0. The summed E-state index contributed by atoms with van der Waals surface area (Å²) in [4.78, 5) is 14.2. The number of hydrogen-bond acceptors (Lipinski definition) is 5. The van der Waals surface area contributed by atoms with E-state index >= 15 is 0 Å². The third-order valence-electron chi connectivity index (χ3n) is 5.49. The van der Waals surface area contributed by atoms with E-state index in [0.29, 0.717) is 6.54 Å². The number of rotatable bonds is 7. The van der Waals surface area contributed by atoms with Gasteiger partial charge in [0.15, 0.2) is 5.96 Å². The number of guanidine groups is 1. The van der Waals surface area contributed by atoms with Crippen LogP contribution in [0.3, 0.4) is 0 Å². The molecule has 0 aliphatic carbocycles. The van der Waals surface area contributed by atoms with Crippen molar-refractivity contribution in [2.24, 2.45) is 4.99 Å². The molecular formula is C22H38N6O. The first kappa shape index (κ1) is 21.8. The molecule has 3 rings (SSSR count). The Morgan fingerprint density at radius 3 is 2.55 bits per heavy atom. The molecule has 2 N–H and O–H groups in total. The van der Waals surface area contributed by atoms with Gasteiger partial charge in [0.2, 0.25) is 0 Å². The molecular weight excluding hydrogens is 364 g/mol. The fraction of sp³-hybridized carbons (Fsp3) is 0.727. The summed E-state index contributed by atoms with van der Waals surface area (Å²) in [6.45, 7) is 14.1. The van der Waals surface area contributed by atoms with Crippen molar-refractivity contribution in [1.29, 1.82) is 0 Å². The number of piperidine rings is 1. The molecule has 2 unspecified atom stereocenters. The maximum Gasteiger partial charge on any atom is 0.191 e. The Morgan fingerprint density at radius 1 is 1.14 bits per heavy atom. The Morgan fingerprint density at radius 2 is 1.90 bits per heavy atom. The van der Waals surface area contributed by atoms with Crippen LogP contribution in [-0.4, -0.2) is 73.9 Å². The number of likely N-dealkylation sites (tertiary alicyclic amines) is 1. The molecule has 0 spiro atoms. The van der Waals surface area contributed by atoms with Crippen LogP contribution in [0, 0.1) is 0 Å². The smallest absolute Gasteiger partial charge is 0.191 e. The lowest BCUT2D eigenvalue weighted by atomic mass is 10.1. The van der Waals surface area contributed by atoms with E-state index in [-0.39, 0.29) is 12.2 Å². The van der Waals surface area contributed by atoms with E-state index in [2.05, 4.69) is 58.3 Å². The van der Waals surface area contributed by atoms with Crippen molar-refractivity contribution >= 4 is 11.8 Å². The molecule has 2 atom stereocenters. The Labute approximate surface area is 175 Å². The Balaban J connectivity index is 1.49.